The lowest BCUT2D eigenvalue weighted by atomic mass is 9.83. The van der Waals surface area contributed by atoms with E-state index in [-0.39, 0.29) is 20.5 Å². The Kier molecular flexibility index (Phi) is 6.01. The Morgan fingerprint density at radius 1 is 1.09 bits per heavy atom. The minimum Gasteiger partial charge on any atom is -0.424 e. The van der Waals surface area contributed by atoms with Gasteiger partial charge < -0.3 is 20.9 Å². The molecule has 2 heteroatoms. The summed E-state index contributed by atoms with van der Waals surface area (Å²) in [6.07, 6.45) is 2.02. The van der Waals surface area contributed by atoms with Gasteiger partial charge in [-0.3, -0.25) is 0 Å². The molecule has 0 aliphatic rings. The van der Waals surface area contributed by atoms with E-state index in [4.69, 9.17) is 5.69 Å². The molecule has 0 bridgehead atoms. The molecule has 0 spiro atoms. The Hall–Kier alpha value is -1.11. The molecule has 0 radical (unpaired) electrons. The van der Waals surface area contributed by atoms with Crippen molar-refractivity contribution in [3.05, 3.63) is 42.1 Å². The van der Waals surface area contributed by atoms with E-state index in [1.54, 1.807) is 0 Å². The van der Waals surface area contributed by atoms with Crippen LogP contribution in [0.5, 0.6) is 0 Å². The molecule has 1 nitrogen and oxygen atoms in total. The largest absolute Gasteiger partial charge is 0.424 e. The third kappa shape index (κ3) is 4.44. The topological polar surface area (TPSA) is 3.24 Å². The van der Waals surface area contributed by atoms with Crippen molar-refractivity contribution >= 4 is 10.3 Å². The first-order valence-corrected chi connectivity index (χ1v) is 9.18. The maximum Gasteiger partial charge on any atom is 0.00579 e. The van der Waals surface area contributed by atoms with Crippen molar-refractivity contribution in [1.82, 2.24) is 4.90 Å². The van der Waals surface area contributed by atoms with Gasteiger partial charge in [0, 0.05) is 19.8 Å². The van der Waals surface area contributed by atoms with Gasteiger partial charge >= 0.3 is 0 Å². The van der Waals surface area contributed by atoms with Crippen LogP contribution in [0.15, 0.2) is 41.4 Å². The van der Waals surface area contributed by atoms with Crippen LogP contribution in [0, 0.1) is 11.1 Å². The molecule has 0 saturated carbocycles. The summed E-state index contributed by atoms with van der Waals surface area (Å²) in [5, 5.41) is 0. The second-order valence-corrected chi connectivity index (χ2v) is 9.87. The highest BCUT2D eigenvalue weighted by molar-refractivity contribution is 7.87. The number of hydrogen-bond donors (Lipinski definition) is 0. The van der Waals surface area contributed by atoms with Gasteiger partial charge in [0.25, 0.3) is 0 Å². The van der Waals surface area contributed by atoms with E-state index in [1.165, 1.54) is 10.5 Å². The summed E-state index contributed by atoms with van der Waals surface area (Å²) in [7, 11) is 3.82. The van der Waals surface area contributed by atoms with Gasteiger partial charge in [0.1, 0.15) is 0 Å². The second kappa shape index (κ2) is 6.98. The van der Waals surface area contributed by atoms with Crippen molar-refractivity contribution in [2.45, 2.75) is 57.1 Å². The van der Waals surface area contributed by atoms with E-state index >= 15 is 0 Å². The van der Waals surface area contributed by atoms with Gasteiger partial charge in [-0.25, -0.2) is 0 Å². The highest BCUT2D eigenvalue weighted by atomic mass is 32.2. The quantitative estimate of drug-likeness (QED) is 0.699. The second-order valence-electron chi connectivity index (χ2n) is 7.70. The fourth-order valence-electron chi connectivity index (χ4n) is 1.94. The predicted molar refractivity (Wildman–Crippen MR) is 102 cm³/mol. The van der Waals surface area contributed by atoms with Crippen LogP contribution in [0.4, 0.5) is 0 Å². The van der Waals surface area contributed by atoms with Gasteiger partial charge in [0.2, 0.25) is 0 Å². The summed E-state index contributed by atoms with van der Waals surface area (Å²) in [6.45, 7) is 15.4. The number of benzene rings is 1. The molecular formula is C20H32NS-. The number of aryl methyl sites for hydroxylation is 1. The van der Waals surface area contributed by atoms with E-state index in [2.05, 4.69) is 70.4 Å². The van der Waals surface area contributed by atoms with Gasteiger partial charge in [0.15, 0.2) is 0 Å². The van der Waals surface area contributed by atoms with Crippen LogP contribution in [0.2, 0.25) is 0 Å². The van der Waals surface area contributed by atoms with E-state index in [0.717, 1.165) is 18.5 Å². The molecule has 1 rings (SSSR count). The molecule has 0 amide bonds. The molecule has 0 heterocycles. The summed E-state index contributed by atoms with van der Waals surface area (Å²) < 4.78 is 0.0632. The van der Waals surface area contributed by atoms with Crippen LogP contribution in [0.1, 0.15) is 46.6 Å². The zero-order valence-corrected chi connectivity index (χ0v) is 16.2. The van der Waals surface area contributed by atoms with Crippen LogP contribution in [-0.2, 0) is 16.7 Å². The van der Waals surface area contributed by atoms with Gasteiger partial charge in [0.05, 0.1) is 0 Å². The van der Waals surface area contributed by atoms with Crippen LogP contribution in [0.3, 0.4) is 0 Å². The summed E-state index contributed by atoms with van der Waals surface area (Å²) in [5.74, 6) is 0. The normalized spacial score (nSPS) is 12.5. The molecule has 0 atom stereocenters. The molecule has 0 aliphatic carbocycles. The first-order valence-electron chi connectivity index (χ1n) is 7.89. The lowest BCUT2D eigenvalue weighted by Gasteiger charge is -2.50. The third-order valence-corrected chi connectivity index (χ3v) is 7.36. The van der Waals surface area contributed by atoms with E-state index < -0.39 is 0 Å². The van der Waals surface area contributed by atoms with Crippen molar-refractivity contribution < 1.29 is 0 Å². The van der Waals surface area contributed by atoms with Crippen LogP contribution in [0.25, 0.3) is 0 Å². The van der Waals surface area contributed by atoms with Crippen LogP contribution in [-0.4, -0.2) is 23.7 Å². The highest BCUT2D eigenvalue weighted by Crippen LogP contribution is 2.37. The number of allylic oxidation sites excluding steroid dienone is 1. The first kappa shape index (κ1) is 18.9. The molecule has 0 N–H and O–H groups in total. The van der Waals surface area contributed by atoms with Crippen molar-refractivity contribution in [2.75, 3.05) is 14.1 Å². The third-order valence-electron chi connectivity index (χ3n) is 4.87. The molecule has 0 unspecified atom stereocenters. The Morgan fingerprint density at radius 3 is 2.00 bits per heavy atom. The molecule has 0 aliphatic heterocycles. The smallest absolute Gasteiger partial charge is 0.00579 e. The fourth-order valence-corrected chi connectivity index (χ4v) is 3.62. The van der Waals surface area contributed by atoms with E-state index in [9.17, 15) is 0 Å². The molecular weight excluding hydrogens is 286 g/mol. The van der Waals surface area contributed by atoms with Gasteiger partial charge in [-0.2, -0.15) is 0 Å². The molecule has 22 heavy (non-hydrogen) atoms. The lowest BCUT2D eigenvalue weighted by molar-refractivity contribution is 0.318. The molecule has 1 aromatic rings. The average Bonchev–Trinajstić information content (AvgIpc) is 2.43. The Morgan fingerprint density at radius 2 is 1.59 bits per heavy atom. The van der Waals surface area contributed by atoms with Crippen molar-refractivity contribution in [2.24, 2.45) is 5.41 Å². The number of nitrogens with zero attached hydrogens (tertiary/aromatic N) is 1. The zero-order chi connectivity index (χ0) is 17.1. The average molecular weight is 319 g/mol. The molecule has 124 valence electrons. The lowest BCUT2D eigenvalue weighted by Crippen LogP contribution is -2.39. The summed E-state index contributed by atoms with van der Waals surface area (Å²) >= 11 is 0. The molecule has 1 aromatic carbocycles. The Labute approximate surface area is 140 Å². The minimum atomic E-state index is -0.267. The van der Waals surface area contributed by atoms with Crippen LogP contribution >= 0.6 is 0 Å². The molecule has 0 aromatic heterocycles. The summed E-state index contributed by atoms with van der Waals surface area (Å²) in [5.41, 5.74) is 9.26. The fraction of sp³-hybridized carbons (Fsp3) is 0.550. The standard InChI is InChI=1S/C20H32NS/c1-16(21(7)8)10-11-17-12-14-18(15-13-17)22(9)20(5,6)19(2,3)4/h9,12-15H,1,10-11H2,2-8H3/q-1. The van der Waals surface area contributed by atoms with Crippen molar-refractivity contribution in [3.63, 3.8) is 0 Å². The summed E-state index contributed by atoms with van der Waals surface area (Å²) in [6, 6.07) is 8.82. The highest BCUT2D eigenvalue weighted by Gasteiger charge is 2.26. The zero-order valence-electron chi connectivity index (χ0n) is 15.4. The number of rotatable bonds is 4. The predicted octanol–water partition coefficient (Wildman–Crippen LogP) is 5.09. The van der Waals surface area contributed by atoms with Crippen LogP contribution < -0.4 is 0 Å². The summed E-state index contributed by atoms with van der Waals surface area (Å²) in [4.78, 5) is 3.33. The van der Waals surface area contributed by atoms with Gasteiger partial charge in [-0.05, 0) is 18.4 Å². The minimum absolute atomic E-state index is 0.0632. The Balaban J connectivity index is 2.82. The van der Waals surface area contributed by atoms with Crippen molar-refractivity contribution in [3.8, 4) is 5.69 Å². The van der Waals surface area contributed by atoms with Gasteiger partial charge in [-0.15, -0.1) is 9.64 Å². The van der Waals surface area contributed by atoms with E-state index in [0.29, 0.717) is 0 Å². The molecule has 0 saturated heterocycles. The Bertz CT molecular complexity index is 577. The van der Waals surface area contributed by atoms with Crippen molar-refractivity contribution in [1.29, 1.82) is 0 Å². The monoisotopic (exact) mass is 318 g/mol. The maximum absolute atomic E-state index is 6.58. The van der Waals surface area contributed by atoms with E-state index in [1.807, 2.05) is 14.1 Å². The maximum atomic E-state index is 6.58. The SMILES string of the molecule is C#[S-](c1ccc(CCC(=C)N(C)C)cc1)C(C)(C)C(C)(C)C. The van der Waals surface area contributed by atoms with Gasteiger partial charge in [-0.1, -0.05) is 70.9 Å². The molecule has 0 fully saturated rings. The first-order chi connectivity index (χ1) is 9.96. The number of hydrogen-bond acceptors (Lipinski definition) is 2.